The number of furan rings is 1. The van der Waals surface area contributed by atoms with Gasteiger partial charge in [-0.15, -0.1) is 0 Å². The van der Waals surface area contributed by atoms with Gasteiger partial charge in [-0.25, -0.2) is 24.9 Å². The molecular weight excluding hydrogens is 779 g/mol. The smallest absolute Gasteiger partial charge is 0.227 e. The van der Waals surface area contributed by atoms with Crippen LogP contribution in [-0.2, 0) is 0 Å². The molecule has 294 valence electrons. The van der Waals surface area contributed by atoms with Gasteiger partial charge in [-0.05, 0) is 112 Å². The average Bonchev–Trinajstić information content (AvgIpc) is 4.09. The maximum absolute atomic E-state index is 6.10. The maximum atomic E-state index is 6.10. The van der Waals surface area contributed by atoms with Crippen LogP contribution in [0.5, 0.6) is 0 Å². The minimum Gasteiger partial charge on any atom is -0.456 e. The molecule has 13 rings (SSSR count). The summed E-state index contributed by atoms with van der Waals surface area (Å²) in [6, 6.07) is 63.6. The van der Waals surface area contributed by atoms with Crippen LogP contribution in [0, 0.1) is 0 Å². The molecule has 13 aromatic rings. The highest BCUT2D eigenvalue weighted by Crippen LogP contribution is 2.36. The SMILES string of the molecule is c1ccc2oc(-c3ccc4cc(-c5nc(-c6ccc(-c7ccc8oc9ccccc9c8c7)cc6)nc(-c6ccc7cc(-c8nc9ccccc9o8)ccc7c6)n5)ccc4c3)nc2c1. The van der Waals surface area contributed by atoms with E-state index >= 15 is 0 Å². The van der Waals surface area contributed by atoms with Gasteiger partial charge in [0.2, 0.25) is 11.8 Å². The van der Waals surface area contributed by atoms with E-state index in [1.165, 1.54) is 0 Å². The third-order valence-corrected chi connectivity index (χ3v) is 11.8. The van der Waals surface area contributed by atoms with Crippen molar-refractivity contribution < 1.29 is 13.3 Å². The summed E-state index contributed by atoms with van der Waals surface area (Å²) >= 11 is 0. The third kappa shape index (κ3) is 6.11. The highest BCUT2D eigenvalue weighted by Gasteiger charge is 2.16. The lowest BCUT2D eigenvalue weighted by Crippen LogP contribution is -2.00. The molecule has 0 amide bonds. The fraction of sp³-hybridized carbons (Fsp3) is 0. The highest BCUT2D eigenvalue weighted by atomic mass is 16.4. The molecule has 9 aromatic carbocycles. The van der Waals surface area contributed by atoms with Gasteiger partial charge in [-0.1, -0.05) is 109 Å². The number of para-hydroxylation sites is 5. The van der Waals surface area contributed by atoms with Gasteiger partial charge in [0, 0.05) is 38.6 Å². The van der Waals surface area contributed by atoms with Crippen molar-refractivity contribution in [3.05, 3.63) is 188 Å². The lowest BCUT2D eigenvalue weighted by molar-refractivity contribution is 0.619. The molecule has 0 unspecified atom stereocenters. The Kier molecular flexibility index (Phi) is 7.74. The molecule has 0 aliphatic carbocycles. The number of rotatable bonds is 6. The second-order valence-corrected chi connectivity index (χ2v) is 15.7. The Morgan fingerprint density at radius 3 is 1.22 bits per heavy atom. The van der Waals surface area contributed by atoms with E-state index in [2.05, 4.69) is 103 Å². The molecule has 0 saturated heterocycles. The van der Waals surface area contributed by atoms with E-state index in [9.17, 15) is 0 Å². The van der Waals surface area contributed by atoms with E-state index in [1.807, 2.05) is 84.9 Å². The molecule has 4 aromatic heterocycles. The summed E-state index contributed by atoms with van der Waals surface area (Å²) in [5.41, 5.74) is 11.6. The zero-order valence-electron chi connectivity index (χ0n) is 33.4. The number of oxazole rings is 2. The highest BCUT2D eigenvalue weighted by molar-refractivity contribution is 6.06. The van der Waals surface area contributed by atoms with Gasteiger partial charge in [-0.3, -0.25) is 0 Å². The standard InChI is InChI=1S/C55H31N5O3/c1-4-10-47-43(7-1)44-31-38(25-26-48(44)61-47)32-13-15-33(16-14-32)51-58-52(39-21-17-36-29-41(23-19-34(36)27-39)54-56-45-8-2-5-11-49(45)62-54)60-53(59-51)40-22-18-37-30-42(24-20-35(37)28-40)55-57-46-9-3-6-12-50(46)63-55/h1-31H. The second-order valence-electron chi connectivity index (χ2n) is 15.7. The van der Waals surface area contributed by atoms with E-state index in [-0.39, 0.29) is 0 Å². The first-order chi connectivity index (χ1) is 31.1. The van der Waals surface area contributed by atoms with Crippen molar-refractivity contribution in [1.29, 1.82) is 0 Å². The number of hydrogen-bond donors (Lipinski definition) is 0. The molecule has 0 aliphatic rings. The van der Waals surface area contributed by atoms with E-state index in [1.54, 1.807) is 0 Å². The molecule has 0 atom stereocenters. The summed E-state index contributed by atoms with van der Waals surface area (Å²) in [5.74, 6) is 2.91. The lowest BCUT2D eigenvalue weighted by Gasteiger charge is -2.11. The van der Waals surface area contributed by atoms with Crippen LogP contribution in [-0.4, -0.2) is 24.9 Å². The van der Waals surface area contributed by atoms with Crippen molar-refractivity contribution in [2.75, 3.05) is 0 Å². The minimum absolute atomic E-state index is 0.577. The molecule has 0 bridgehead atoms. The van der Waals surface area contributed by atoms with Crippen molar-refractivity contribution in [3.8, 4) is 68.2 Å². The fourth-order valence-electron chi connectivity index (χ4n) is 8.51. The summed E-state index contributed by atoms with van der Waals surface area (Å²) in [4.78, 5) is 24.8. The summed E-state index contributed by atoms with van der Waals surface area (Å²) in [7, 11) is 0. The number of nitrogens with zero attached hydrogens (tertiary/aromatic N) is 5. The van der Waals surface area contributed by atoms with Crippen molar-refractivity contribution in [2.45, 2.75) is 0 Å². The Morgan fingerprint density at radius 2 is 0.667 bits per heavy atom. The Bertz CT molecular complexity index is 3700. The number of hydrogen-bond acceptors (Lipinski definition) is 8. The number of benzene rings is 9. The molecule has 8 nitrogen and oxygen atoms in total. The lowest BCUT2D eigenvalue weighted by atomic mass is 10.0. The van der Waals surface area contributed by atoms with Crippen LogP contribution in [0.25, 0.3) is 134 Å². The molecule has 4 heterocycles. The van der Waals surface area contributed by atoms with E-state index in [4.69, 9.17) is 38.2 Å². The van der Waals surface area contributed by atoms with Crippen molar-refractivity contribution in [1.82, 2.24) is 24.9 Å². The van der Waals surface area contributed by atoms with Crippen LogP contribution >= 0.6 is 0 Å². The van der Waals surface area contributed by atoms with Gasteiger partial charge in [0.15, 0.2) is 28.6 Å². The van der Waals surface area contributed by atoms with Gasteiger partial charge >= 0.3 is 0 Å². The first kappa shape index (κ1) is 35.0. The zero-order chi connectivity index (χ0) is 41.4. The Morgan fingerprint density at radius 1 is 0.254 bits per heavy atom. The first-order valence-electron chi connectivity index (χ1n) is 20.7. The first-order valence-corrected chi connectivity index (χ1v) is 20.7. The van der Waals surface area contributed by atoms with Crippen molar-refractivity contribution in [2.24, 2.45) is 0 Å². The van der Waals surface area contributed by atoms with Crippen molar-refractivity contribution >= 4 is 65.7 Å². The van der Waals surface area contributed by atoms with Gasteiger partial charge in [-0.2, -0.15) is 0 Å². The van der Waals surface area contributed by atoms with Gasteiger partial charge in [0.25, 0.3) is 0 Å². The predicted octanol–water partition coefficient (Wildman–Crippen LogP) is 14.4. The monoisotopic (exact) mass is 809 g/mol. The summed E-state index contributed by atoms with van der Waals surface area (Å²) in [5, 5.41) is 6.39. The molecule has 8 heteroatoms. The van der Waals surface area contributed by atoms with Gasteiger partial charge in [0.1, 0.15) is 22.2 Å². The Balaban J connectivity index is 0.891. The quantitative estimate of drug-likeness (QED) is 0.164. The molecule has 0 radical (unpaired) electrons. The predicted molar refractivity (Wildman–Crippen MR) is 250 cm³/mol. The molecule has 0 N–H and O–H groups in total. The van der Waals surface area contributed by atoms with Crippen LogP contribution in [0.2, 0.25) is 0 Å². The average molecular weight is 810 g/mol. The molecule has 0 saturated carbocycles. The molecule has 0 fully saturated rings. The summed E-state index contributed by atoms with van der Waals surface area (Å²) in [6.07, 6.45) is 0. The maximum Gasteiger partial charge on any atom is 0.227 e. The summed E-state index contributed by atoms with van der Waals surface area (Å²) < 4.78 is 18.3. The van der Waals surface area contributed by atoms with Crippen LogP contribution < -0.4 is 0 Å². The summed E-state index contributed by atoms with van der Waals surface area (Å²) in [6.45, 7) is 0. The van der Waals surface area contributed by atoms with Gasteiger partial charge in [0.05, 0.1) is 0 Å². The molecular formula is C55H31N5O3. The minimum atomic E-state index is 0.577. The second kappa shape index (κ2) is 13.9. The molecule has 63 heavy (non-hydrogen) atoms. The Hall–Kier alpha value is -8.75. The largest absolute Gasteiger partial charge is 0.456 e. The normalized spacial score (nSPS) is 11.8. The number of aromatic nitrogens is 5. The van der Waals surface area contributed by atoms with E-state index in [0.29, 0.717) is 29.3 Å². The Labute approximate surface area is 358 Å². The zero-order valence-corrected chi connectivity index (χ0v) is 33.4. The topological polar surface area (TPSA) is 104 Å². The van der Waals surface area contributed by atoms with Crippen molar-refractivity contribution in [3.63, 3.8) is 0 Å². The van der Waals surface area contributed by atoms with E-state index in [0.717, 1.165) is 105 Å². The third-order valence-electron chi connectivity index (χ3n) is 11.8. The van der Waals surface area contributed by atoms with Crippen LogP contribution in [0.4, 0.5) is 0 Å². The van der Waals surface area contributed by atoms with Gasteiger partial charge < -0.3 is 13.3 Å². The number of fused-ring (bicyclic) bond motifs is 7. The van der Waals surface area contributed by atoms with Crippen LogP contribution in [0.3, 0.4) is 0 Å². The molecule has 0 spiro atoms. The van der Waals surface area contributed by atoms with E-state index < -0.39 is 0 Å². The van der Waals surface area contributed by atoms with Crippen LogP contribution in [0.15, 0.2) is 201 Å². The fourth-order valence-corrected chi connectivity index (χ4v) is 8.51. The van der Waals surface area contributed by atoms with Crippen LogP contribution in [0.1, 0.15) is 0 Å². The molecule has 0 aliphatic heterocycles.